The molecule has 4 N–H and O–H groups in total. The van der Waals surface area contributed by atoms with Gasteiger partial charge in [-0.1, -0.05) is 26.7 Å². The molecule has 0 radical (unpaired) electrons. The fourth-order valence-electron chi connectivity index (χ4n) is 4.07. The summed E-state index contributed by atoms with van der Waals surface area (Å²) < 4.78 is 13.8. The predicted octanol–water partition coefficient (Wildman–Crippen LogP) is 1.18. The molecule has 4 unspecified atom stereocenters. The molecule has 0 bridgehead atoms. The summed E-state index contributed by atoms with van der Waals surface area (Å²) in [6.45, 7) is 4.81. The van der Waals surface area contributed by atoms with Crippen molar-refractivity contribution >= 4 is 28.6 Å². The summed E-state index contributed by atoms with van der Waals surface area (Å²) in [4.78, 5) is 21.2. The molecule has 0 saturated carbocycles. The first-order chi connectivity index (χ1) is 16.9. The molecule has 0 aromatic carbocycles. The number of ether oxygens (including phenoxy) is 2. The number of carbonyl (C=O) groups excluding carboxylic acids is 1. The van der Waals surface area contributed by atoms with E-state index >= 15 is 0 Å². The van der Waals surface area contributed by atoms with Gasteiger partial charge in [-0.3, -0.25) is 9.48 Å². The van der Waals surface area contributed by atoms with Gasteiger partial charge in [0.15, 0.2) is 6.29 Å². The summed E-state index contributed by atoms with van der Waals surface area (Å²) in [5, 5.41) is 37.4. The Morgan fingerprint density at radius 1 is 1.29 bits per heavy atom. The Balaban J connectivity index is 1.33. The van der Waals surface area contributed by atoms with Crippen LogP contribution in [0.1, 0.15) is 33.1 Å². The first kappa shape index (κ1) is 25.0. The molecule has 1 saturated heterocycles. The van der Waals surface area contributed by atoms with Crippen LogP contribution in [0.2, 0.25) is 0 Å². The Bertz CT molecular complexity index is 1130. The Labute approximate surface area is 202 Å². The number of hydrogen-bond acceptors (Lipinski definition) is 10. The number of aliphatic hydroxyl groups is 3. The van der Waals surface area contributed by atoms with Crippen molar-refractivity contribution < 1.29 is 29.6 Å². The molecule has 0 aliphatic carbocycles. The lowest BCUT2D eigenvalue weighted by atomic mass is 10.0. The minimum atomic E-state index is -1.25. The number of rotatable bonds is 10. The smallest absolute Gasteiger partial charge is 0.327 e. The number of fused-ring (bicyclic) bond motifs is 1. The zero-order valence-electron chi connectivity index (χ0n) is 19.8. The van der Waals surface area contributed by atoms with Gasteiger partial charge in [0.1, 0.15) is 31.0 Å². The van der Waals surface area contributed by atoms with E-state index in [0.29, 0.717) is 17.6 Å². The largest absolute Gasteiger partial charge is 0.461 e. The van der Waals surface area contributed by atoms with Gasteiger partial charge in [-0.2, -0.15) is 10.1 Å². The number of hydrogen-bond donors (Lipinski definition) is 4. The monoisotopic (exact) mass is 488 g/mol. The van der Waals surface area contributed by atoms with Crippen LogP contribution in [0.5, 0.6) is 0 Å². The highest BCUT2D eigenvalue weighted by molar-refractivity contribution is 5.76. The molecular weight excluding hydrogens is 456 g/mol. The van der Waals surface area contributed by atoms with Crippen molar-refractivity contribution in [3.63, 3.8) is 0 Å². The van der Waals surface area contributed by atoms with Crippen LogP contribution in [0.4, 0.5) is 11.6 Å². The van der Waals surface area contributed by atoms with Gasteiger partial charge in [-0.25, -0.2) is 4.98 Å². The number of aromatic nitrogens is 5. The van der Waals surface area contributed by atoms with Crippen molar-refractivity contribution in [3.8, 4) is 0 Å². The van der Waals surface area contributed by atoms with E-state index in [9.17, 15) is 20.1 Å². The molecule has 3 aromatic rings. The summed E-state index contributed by atoms with van der Waals surface area (Å²) >= 11 is 0. The molecule has 0 spiro atoms. The lowest BCUT2D eigenvalue weighted by Gasteiger charge is -2.34. The van der Waals surface area contributed by atoms with Crippen molar-refractivity contribution in [2.45, 2.75) is 70.8 Å². The molecule has 3 aromatic heterocycles. The van der Waals surface area contributed by atoms with Crippen LogP contribution in [-0.4, -0.2) is 76.8 Å². The van der Waals surface area contributed by atoms with Crippen molar-refractivity contribution in [1.29, 1.82) is 0 Å². The van der Waals surface area contributed by atoms with Gasteiger partial charge in [0.05, 0.1) is 18.0 Å². The molecular formula is C23H32N6O6. The summed E-state index contributed by atoms with van der Waals surface area (Å²) in [5.41, 5.74) is 1.46. The fraction of sp³-hybridized carbons (Fsp3) is 0.565. The van der Waals surface area contributed by atoms with Crippen molar-refractivity contribution in [1.82, 2.24) is 24.3 Å². The van der Waals surface area contributed by atoms with Gasteiger partial charge in [-0.05, 0) is 12.0 Å². The molecule has 12 heteroatoms. The highest BCUT2D eigenvalue weighted by atomic mass is 16.6. The third kappa shape index (κ3) is 6.14. The predicted molar refractivity (Wildman–Crippen MR) is 126 cm³/mol. The maximum atomic E-state index is 12.2. The maximum absolute atomic E-state index is 12.2. The van der Waals surface area contributed by atoms with Crippen molar-refractivity contribution in [2.24, 2.45) is 5.92 Å². The van der Waals surface area contributed by atoms with E-state index in [1.54, 1.807) is 18.6 Å². The lowest BCUT2D eigenvalue weighted by Crippen LogP contribution is -2.50. The third-order valence-electron chi connectivity index (χ3n) is 6.25. The number of carbonyl (C=O) groups is 1. The number of nitrogens with one attached hydrogen (secondary N) is 1. The van der Waals surface area contributed by atoms with Crippen LogP contribution in [0.3, 0.4) is 0 Å². The number of aliphatic hydroxyl groups excluding tert-OH is 3. The highest BCUT2D eigenvalue weighted by Crippen LogP contribution is 2.21. The SMILES string of the molecule is CCC(CC)Cn1ccc2cnc(Nc3cnn(CC(=O)OCC4OC(O)CC(O)C4O)c3)nc21. The molecule has 35 heavy (non-hydrogen) atoms. The van der Waals surface area contributed by atoms with Gasteiger partial charge in [0, 0.05) is 36.9 Å². The third-order valence-corrected chi connectivity index (χ3v) is 6.25. The summed E-state index contributed by atoms with van der Waals surface area (Å²) in [7, 11) is 0. The Hall–Kier alpha value is -3.06. The minimum absolute atomic E-state index is 0.102. The molecule has 1 aliphatic heterocycles. The molecule has 4 rings (SSSR count). The van der Waals surface area contributed by atoms with E-state index in [2.05, 4.69) is 38.8 Å². The highest BCUT2D eigenvalue weighted by Gasteiger charge is 2.36. The van der Waals surface area contributed by atoms with Gasteiger partial charge >= 0.3 is 5.97 Å². The van der Waals surface area contributed by atoms with E-state index < -0.39 is 30.6 Å². The van der Waals surface area contributed by atoms with Gasteiger partial charge in [0.2, 0.25) is 5.95 Å². The Morgan fingerprint density at radius 3 is 2.86 bits per heavy atom. The summed E-state index contributed by atoms with van der Waals surface area (Å²) in [6, 6.07) is 2.00. The van der Waals surface area contributed by atoms with E-state index in [4.69, 9.17) is 9.47 Å². The maximum Gasteiger partial charge on any atom is 0.327 e. The second-order valence-corrected chi connectivity index (χ2v) is 8.78. The number of esters is 1. The van der Waals surface area contributed by atoms with Gasteiger partial charge in [-0.15, -0.1) is 0 Å². The van der Waals surface area contributed by atoms with Crippen molar-refractivity contribution in [3.05, 3.63) is 30.9 Å². The quantitative estimate of drug-likeness (QED) is 0.306. The fourth-order valence-corrected chi connectivity index (χ4v) is 4.07. The molecule has 12 nitrogen and oxygen atoms in total. The van der Waals surface area contributed by atoms with E-state index in [-0.39, 0.29) is 19.6 Å². The Kier molecular flexibility index (Phi) is 7.96. The zero-order chi connectivity index (χ0) is 24.9. The average Bonchev–Trinajstić information content (AvgIpc) is 3.45. The molecule has 4 atom stereocenters. The molecule has 190 valence electrons. The van der Waals surface area contributed by atoms with E-state index in [1.165, 1.54) is 4.68 Å². The molecule has 0 amide bonds. The molecule has 1 fully saturated rings. The summed E-state index contributed by atoms with van der Waals surface area (Å²) in [5.74, 6) is 0.393. The first-order valence-electron chi connectivity index (χ1n) is 11.8. The van der Waals surface area contributed by atoms with Crippen LogP contribution in [0, 0.1) is 5.92 Å². The second-order valence-electron chi connectivity index (χ2n) is 8.78. The van der Waals surface area contributed by atoms with Crippen molar-refractivity contribution in [2.75, 3.05) is 11.9 Å². The van der Waals surface area contributed by atoms with Crippen LogP contribution < -0.4 is 5.32 Å². The normalized spacial score (nSPS) is 22.6. The van der Waals surface area contributed by atoms with E-state index in [1.807, 2.05) is 12.3 Å². The molecule has 1 aliphatic rings. The standard InChI is InChI=1S/C23H32N6O6/c1-3-14(4-2)10-28-6-5-15-8-24-23(27-22(15)28)26-16-9-25-29(11-16)12-20(32)34-13-18-21(33)17(30)7-19(31)35-18/h5-6,8-9,11,14,17-19,21,30-31,33H,3-4,7,10,12-13H2,1-2H3,(H,24,26,27). The summed E-state index contributed by atoms with van der Waals surface area (Å²) in [6.07, 6.45) is 4.45. The zero-order valence-corrected chi connectivity index (χ0v) is 19.8. The minimum Gasteiger partial charge on any atom is -0.461 e. The number of nitrogens with zero attached hydrogens (tertiary/aromatic N) is 5. The molecule has 4 heterocycles. The Morgan fingerprint density at radius 2 is 2.09 bits per heavy atom. The topological polar surface area (TPSA) is 157 Å². The van der Waals surface area contributed by atoms with Gasteiger partial charge < -0.3 is 34.7 Å². The second kappa shape index (κ2) is 11.1. The van der Waals surface area contributed by atoms with Gasteiger partial charge in [0.25, 0.3) is 0 Å². The van der Waals surface area contributed by atoms with Crippen LogP contribution in [0.15, 0.2) is 30.9 Å². The van der Waals surface area contributed by atoms with E-state index in [0.717, 1.165) is 30.4 Å². The average molecular weight is 489 g/mol. The van der Waals surface area contributed by atoms with Crippen LogP contribution in [-0.2, 0) is 27.4 Å². The lowest BCUT2D eigenvalue weighted by molar-refractivity contribution is -0.242. The number of anilines is 2. The van der Waals surface area contributed by atoms with Crippen LogP contribution in [0.25, 0.3) is 11.0 Å². The van der Waals surface area contributed by atoms with Crippen LogP contribution >= 0.6 is 0 Å². The first-order valence-corrected chi connectivity index (χ1v) is 11.8.